The summed E-state index contributed by atoms with van der Waals surface area (Å²) in [6, 6.07) is 13.8. The number of aromatic amines is 5. The Hall–Kier alpha value is -7.50. The molecule has 18 heteroatoms. The molecule has 0 bridgehead atoms. The van der Waals surface area contributed by atoms with E-state index in [4.69, 9.17) is 0 Å². The lowest BCUT2D eigenvalue weighted by atomic mass is 9.93. The average molecular weight is 875 g/mol. The SMILES string of the molecule is CC(C)c1[nH]nc2ccncc12.CC(C)c1[nH]nc2ncccc12.CC(C)c1[nH]nc2ncncc12.CC(C)c1n[nH]c2c1CCCC2.Cc1ncnc(Nc2n[nH]c3ccccc23)n1. The van der Waals surface area contributed by atoms with Crippen molar-refractivity contribution in [1.29, 1.82) is 0 Å². The summed E-state index contributed by atoms with van der Waals surface area (Å²) in [5.74, 6) is 3.82. The molecule has 1 aliphatic carbocycles. The van der Waals surface area contributed by atoms with Crippen molar-refractivity contribution < 1.29 is 0 Å². The number of benzene rings is 1. The predicted octanol–water partition coefficient (Wildman–Crippen LogP) is 9.85. The van der Waals surface area contributed by atoms with Crippen molar-refractivity contribution >= 4 is 55.6 Å². The van der Waals surface area contributed by atoms with Crippen LogP contribution in [-0.2, 0) is 12.8 Å². The molecule has 1 aliphatic rings. The Labute approximate surface area is 377 Å². The van der Waals surface area contributed by atoms with Crippen LogP contribution in [0.4, 0.5) is 11.8 Å². The first-order valence-corrected chi connectivity index (χ1v) is 22.1. The van der Waals surface area contributed by atoms with Crippen molar-refractivity contribution in [3.8, 4) is 0 Å². The van der Waals surface area contributed by atoms with Crippen LogP contribution in [0.25, 0.3) is 43.9 Å². The van der Waals surface area contributed by atoms with Crippen molar-refractivity contribution in [2.24, 2.45) is 0 Å². The van der Waals surface area contributed by atoms with Gasteiger partial charge in [-0.3, -0.25) is 30.5 Å². The van der Waals surface area contributed by atoms with Gasteiger partial charge in [0.2, 0.25) is 5.95 Å². The van der Waals surface area contributed by atoms with Gasteiger partial charge in [0.1, 0.15) is 18.5 Å². The van der Waals surface area contributed by atoms with E-state index in [1.807, 2.05) is 55.6 Å². The third kappa shape index (κ3) is 11.2. The number of aryl methyl sites for hydroxylation is 2. The van der Waals surface area contributed by atoms with Gasteiger partial charge < -0.3 is 5.32 Å². The van der Waals surface area contributed by atoms with Crippen LogP contribution in [0.1, 0.15) is 132 Å². The Morgan fingerprint density at radius 3 is 1.97 bits per heavy atom. The molecule has 0 unspecified atom stereocenters. The fourth-order valence-corrected chi connectivity index (χ4v) is 7.43. The van der Waals surface area contributed by atoms with Crippen molar-refractivity contribution in [2.45, 2.75) is 112 Å². The largest absolute Gasteiger partial charge is 0.307 e. The topological polar surface area (TPSA) is 246 Å². The molecule has 10 aromatic rings. The van der Waals surface area contributed by atoms with Crippen LogP contribution in [-0.4, -0.2) is 85.9 Å². The number of rotatable bonds is 6. The van der Waals surface area contributed by atoms with Crippen molar-refractivity contribution in [2.75, 3.05) is 5.32 Å². The third-order valence-electron chi connectivity index (χ3n) is 10.8. The minimum Gasteiger partial charge on any atom is -0.307 e. The summed E-state index contributed by atoms with van der Waals surface area (Å²) < 4.78 is 0. The lowest BCUT2D eigenvalue weighted by Crippen LogP contribution is -2.03. The van der Waals surface area contributed by atoms with Gasteiger partial charge in [-0.25, -0.2) is 24.9 Å². The van der Waals surface area contributed by atoms with Crippen molar-refractivity contribution in [3.63, 3.8) is 0 Å². The molecule has 0 atom stereocenters. The number of H-pyrrole nitrogens is 5. The molecule has 0 saturated carbocycles. The average Bonchev–Trinajstić information content (AvgIpc) is 4.17. The maximum atomic E-state index is 4.37. The first-order chi connectivity index (χ1) is 31.5. The van der Waals surface area contributed by atoms with E-state index in [0.29, 0.717) is 41.3 Å². The summed E-state index contributed by atoms with van der Waals surface area (Å²) in [5, 5.41) is 43.3. The maximum absolute atomic E-state index is 4.37. The van der Waals surface area contributed by atoms with Crippen molar-refractivity contribution in [1.82, 2.24) is 85.9 Å². The second kappa shape index (κ2) is 21.2. The van der Waals surface area contributed by atoms with Crippen LogP contribution < -0.4 is 5.32 Å². The number of hydrogen-bond acceptors (Lipinski definition) is 13. The molecule has 1 aromatic carbocycles. The van der Waals surface area contributed by atoms with Gasteiger partial charge >= 0.3 is 0 Å². The fraction of sp³-hybridized carbons (Fsp3) is 0.362. The van der Waals surface area contributed by atoms with Crippen LogP contribution >= 0.6 is 0 Å². The van der Waals surface area contributed by atoms with Gasteiger partial charge in [0, 0.05) is 63.7 Å². The van der Waals surface area contributed by atoms with Crippen LogP contribution in [0.15, 0.2) is 79.9 Å². The maximum Gasteiger partial charge on any atom is 0.231 e. The molecule has 9 aromatic heterocycles. The number of nitrogens with one attached hydrogen (secondary N) is 6. The monoisotopic (exact) mass is 875 g/mol. The summed E-state index contributed by atoms with van der Waals surface area (Å²) >= 11 is 0. The standard InChI is InChI=1S/C11H10N6.C10H16N2.2C9H11N3.C8H10N4/c1-7-12-6-13-11(14-7)15-10-8-4-2-3-5-9(8)16-17-10;1-7(2)10-8-5-3-4-6-9(8)11-12-10;1-6(2)9-7-5-10-4-3-8(7)11-12-9;1-6(2)8-7-4-3-5-10-9(7)12-11-8;1-5(2)7-6-3-9-4-10-8(6)12-11-7/h2-6H,1H3,(H2,12,13,14,15,16,17);7H,3-6H2,1-2H3,(H,11,12);3-6H,1-2H3,(H,11,12);3-6H,1-2H3,(H,10,11,12);3-5H,1-2H3,(H,9,10,11,12). The molecular formula is C47H58N18. The highest BCUT2D eigenvalue weighted by Crippen LogP contribution is 2.27. The number of nitrogens with zero attached hydrogens (tertiary/aromatic N) is 12. The highest BCUT2D eigenvalue weighted by molar-refractivity contribution is 5.90. The molecule has 11 rings (SSSR count). The van der Waals surface area contributed by atoms with E-state index >= 15 is 0 Å². The van der Waals surface area contributed by atoms with E-state index in [1.54, 1.807) is 18.6 Å². The molecule has 0 amide bonds. The van der Waals surface area contributed by atoms with E-state index in [9.17, 15) is 0 Å². The summed E-state index contributed by atoms with van der Waals surface area (Å²) in [5.41, 5.74) is 11.2. The molecule has 0 aliphatic heterocycles. The lowest BCUT2D eigenvalue weighted by molar-refractivity contribution is 0.668. The van der Waals surface area contributed by atoms with Crippen molar-refractivity contribution in [3.05, 3.63) is 120 Å². The lowest BCUT2D eigenvalue weighted by Gasteiger charge is -2.12. The minimum absolute atomic E-state index is 0.431. The Bertz CT molecular complexity index is 2850. The van der Waals surface area contributed by atoms with Crippen LogP contribution in [0, 0.1) is 6.92 Å². The molecule has 18 nitrogen and oxygen atoms in total. The minimum atomic E-state index is 0.431. The first kappa shape index (κ1) is 45.5. The van der Waals surface area contributed by atoms with Crippen LogP contribution in [0.3, 0.4) is 0 Å². The molecule has 65 heavy (non-hydrogen) atoms. The fourth-order valence-electron chi connectivity index (χ4n) is 7.43. The van der Waals surface area contributed by atoms with Gasteiger partial charge in [0.25, 0.3) is 0 Å². The van der Waals surface area contributed by atoms with Gasteiger partial charge in [0.15, 0.2) is 17.1 Å². The quantitative estimate of drug-likeness (QED) is 0.0912. The summed E-state index contributed by atoms with van der Waals surface area (Å²) in [6.45, 7) is 19.0. The first-order valence-electron chi connectivity index (χ1n) is 22.1. The van der Waals surface area contributed by atoms with Gasteiger partial charge in [-0.1, -0.05) is 67.5 Å². The Balaban J connectivity index is 0.000000122. The molecule has 0 radical (unpaired) electrons. The van der Waals surface area contributed by atoms with E-state index in [-0.39, 0.29) is 0 Å². The summed E-state index contributed by atoms with van der Waals surface area (Å²) in [7, 11) is 0. The van der Waals surface area contributed by atoms with E-state index in [0.717, 1.165) is 61.0 Å². The molecule has 336 valence electrons. The number of anilines is 2. The molecule has 0 spiro atoms. The number of para-hydroxylation sites is 1. The molecular weight excluding hydrogens is 817 g/mol. The second-order valence-corrected chi connectivity index (χ2v) is 16.9. The van der Waals surface area contributed by atoms with Gasteiger partial charge in [-0.15, -0.1) is 0 Å². The number of fused-ring (bicyclic) bond motifs is 5. The predicted molar refractivity (Wildman–Crippen MR) is 255 cm³/mol. The number of hydrogen-bond donors (Lipinski definition) is 6. The number of pyridine rings is 2. The number of aromatic nitrogens is 17. The smallest absolute Gasteiger partial charge is 0.231 e. The summed E-state index contributed by atoms with van der Waals surface area (Å²) in [6.07, 6.45) is 15.2. The van der Waals surface area contributed by atoms with Gasteiger partial charge in [-0.2, -0.15) is 30.5 Å². The molecule has 0 fully saturated rings. The Morgan fingerprint density at radius 2 is 1.22 bits per heavy atom. The van der Waals surface area contributed by atoms with Gasteiger partial charge in [0.05, 0.1) is 22.1 Å². The third-order valence-corrected chi connectivity index (χ3v) is 10.8. The highest BCUT2D eigenvalue weighted by Gasteiger charge is 2.18. The van der Waals surface area contributed by atoms with Crippen LogP contribution in [0.5, 0.6) is 0 Å². The Kier molecular flexibility index (Phi) is 14.9. The molecule has 0 saturated heterocycles. The van der Waals surface area contributed by atoms with E-state index in [1.165, 1.54) is 55.3 Å². The Morgan fingerprint density at radius 1 is 0.538 bits per heavy atom. The van der Waals surface area contributed by atoms with E-state index < -0.39 is 0 Å². The highest BCUT2D eigenvalue weighted by atomic mass is 15.2. The van der Waals surface area contributed by atoms with Crippen LogP contribution in [0.2, 0.25) is 0 Å². The zero-order chi connectivity index (χ0) is 45.9. The normalized spacial score (nSPS) is 12.1. The molecule has 9 heterocycles. The zero-order valence-corrected chi connectivity index (χ0v) is 38.5. The molecule has 6 N–H and O–H groups in total. The second-order valence-electron chi connectivity index (χ2n) is 16.9. The van der Waals surface area contributed by atoms with E-state index in [2.05, 4.69) is 147 Å². The summed E-state index contributed by atoms with van der Waals surface area (Å²) in [4.78, 5) is 28.3. The van der Waals surface area contributed by atoms with Gasteiger partial charge in [-0.05, 0) is 92.2 Å². The zero-order valence-electron chi connectivity index (χ0n) is 38.5.